The summed E-state index contributed by atoms with van der Waals surface area (Å²) in [6, 6.07) is 8.09. The molecule has 15 heavy (non-hydrogen) atoms. The van der Waals surface area contributed by atoms with Crippen molar-refractivity contribution in [1.82, 2.24) is 5.32 Å². The molecular weight excluding hydrogens is 278 g/mol. The van der Waals surface area contributed by atoms with E-state index in [1.165, 1.54) is 11.8 Å². The standard InChI is InChI=1S/C10H10BrNO2S/c11-7-3-1-6(2-4-7)8-5-15-9(12-8)10(13)14/h1-4,8-9,12H,5H2,(H,13,14)/t8-,9+/m1/s1. The second-order valence-corrected chi connectivity index (χ2v) is 5.38. The van der Waals surface area contributed by atoms with Gasteiger partial charge in [-0.05, 0) is 17.7 Å². The van der Waals surface area contributed by atoms with Crippen molar-refractivity contribution in [3.63, 3.8) is 0 Å². The third kappa shape index (κ3) is 2.53. The Kier molecular flexibility index (Phi) is 3.33. The molecular formula is C10H10BrNO2S. The molecule has 2 N–H and O–H groups in total. The van der Waals surface area contributed by atoms with Crippen LogP contribution in [0.25, 0.3) is 0 Å². The molecule has 3 nitrogen and oxygen atoms in total. The number of halogens is 1. The van der Waals surface area contributed by atoms with E-state index in [0.29, 0.717) is 0 Å². The second-order valence-electron chi connectivity index (χ2n) is 3.32. The van der Waals surface area contributed by atoms with E-state index >= 15 is 0 Å². The molecule has 2 atom stereocenters. The summed E-state index contributed by atoms with van der Waals surface area (Å²) in [7, 11) is 0. The molecule has 1 aliphatic heterocycles. The van der Waals surface area contributed by atoms with Crippen LogP contribution in [-0.2, 0) is 4.79 Å². The van der Waals surface area contributed by atoms with Crippen molar-refractivity contribution in [2.75, 3.05) is 5.75 Å². The minimum absolute atomic E-state index is 0.143. The molecule has 0 bridgehead atoms. The fraction of sp³-hybridized carbons (Fsp3) is 0.300. The van der Waals surface area contributed by atoms with Crippen LogP contribution in [-0.4, -0.2) is 22.2 Å². The van der Waals surface area contributed by atoms with Crippen molar-refractivity contribution in [2.45, 2.75) is 11.4 Å². The van der Waals surface area contributed by atoms with E-state index < -0.39 is 11.3 Å². The van der Waals surface area contributed by atoms with Gasteiger partial charge in [-0.15, -0.1) is 11.8 Å². The summed E-state index contributed by atoms with van der Waals surface area (Å²) in [5.41, 5.74) is 1.13. The number of hydrogen-bond acceptors (Lipinski definition) is 3. The Morgan fingerprint density at radius 3 is 2.67 bits per heavy atom. The van der Waals surface area contributed by atoms with E-state index in [1.54, 1.807) is 0 Å². The molecule has 0 saturated carbocycles. The fourth-order valence-electron chi connectivity index (χ4n) is 1.50. The zero-order chi connectivity index (χ0) is 10.8. The highest BCUT2D eigenvalue weighted by atomic mass is 79.9. The first kappa shape index (κ1) is 11.0. The van der Waals surface area contributed by atoms with E-state index in [0.717, 1.165) is 15.8 Å². The molecule has 0 aromatic heterocycles. The van der Waals surface area contributed by atoms with E-state index in [2.05, 4.69) is 21.2 Å². The number of carbonyl (C=O) groups is 1. The largest absolute Gasteiger partial charge is 0.479 e. The molecule has 0 amide bonds. The van der Waals surface area contributed by atoms with Crippen LogP contribution in [0.4, 0.5) is 0 Å². The van der Waals surface area contributed by atoms with Crippen molar-refractivity contribution >= 4 is 33.7 Å². The minimum atomic E-state index is -0.792. The Labute approximate surface area is 100 Å². The van der Waals surface area contributed by atoms with Gasteiger partial charge in [0.25, 0.3) is 0 Å². The summed E-state index contributed by atoms with van der Waals surface area (Å²) in [5, 5.41) is 11.4. The lowest BCUT2D eigenvalue weighted by molar-refractivity contribution is -0.136. The molecule has 1 saturated heterocycles. The Bertz CT molecular complexity index is 368. The molecule has 1 heterocycles. The van der Waals surface area contributed by atoms with Gasteiger partial charge in [-0.2, -0.15) is 0 Å². The van der Waals surface area contributed by atoms with Gasteiger partial charge in [0.1, 0.15) is 0 Å². The molecule has 1 aromatic carbocycles. The number of rotatable bonds is 2. The summed E-state index contributed by atoms with van der Waals surface area (Å²) in [4.78, 5) is 10.7. The monoisotopic (exact) mass is 287 g/mol. The predicted molar refractivity (Wildman–Crippen MR) is 63.9 cm³/mol. The smallest absolute Gasteiger partial charge is 0.331 e. The van der Waals surface area contributed by atoms with Crippen molar-refractivity contribution in [1.29, 1.82) is 0 Å². The molecule has 0 aliphatic carbocycles. The van der Waals surface area contributed by atoms with Gasteiger partial charge < -0.3 is 5.11 Å². The lowest BCUT2D eigenvalue weighted by atomic mass is 10.1. The van der Waals surface area contributed by atoms with Crippen LogP contribution in [0, 0.1) is 0 Å². The van der Waals surface area contributed by atoms with E-state index in [-0.39, 0.29) is 6.04 Å². The van der Waals surface area contributed by atoms with Crippen molar-refractivity contribution in [3.8, 4) is 0 Å². The van der Waals surface area contributed by atoms with Crippen LogP contribution >= 0.6 is 27.7 Å². The van der Waals surface area contributed by atoms with Gasteiger partial charge in [0, 0.05) is 16.3 Å². The summed E-state index contributed by atoms with van der Waals surface area (Å²) in [5.74, 6) is 0.0121. The molecule has 80 valence electrons. The third-order valence-electron chi connectivity index (χ3n) is 2.28. The van der Waals surface area contributed by atoms with Gasteiger partial charge in [-0.25, -0.2) is 4.79 Å². The van der Waals surface area contributed by atoms with Crippen molar-refractivity contribution in [3.05, 3.63) is 34.3 Å². The predicted octanol–water partition coefficient (Wildman–Crippen LogP) is 2.24. The van der Waals surface area contributed by atoms with E-state index in [1.807, 2.05) is 24.3 Å². The van der Waals surface area contributed by atoms with Gasteiger partial charge in [-0.3, -0.25) is 5.32 Å². The molecule has 5 heteroatoms. The Balaban J connectivity index is 2.07. The lowest BCUT2D eigenvalue weighted by Crippen LogP contribution is -2.30. The van der Waals surface area contributed by atoms with Gasteiger partial charge in [-0.1, -0.05) is 28.1 Å². The summed E-state index contributed by atoms with van der Waals surface area (Å²) in [6.07, 6.45) is 0. The number of carboxylic acid groups (broad SMARTS) is 1. The normalized spacial score (nSPS) is 25.4. The molecule has 1 fully saturated rings. The number of thioether (sulfide) groups is 1. The average molecular weight is 288 g/mol. The van der Waals surface area contributed by atoms with Gasteiger partial charge >= 0.3 is 5.97 Å². The summed E-state index contributed by atoms with van der Waals surface area (Å²) < 4.78 is 1.03. The van der Waals surface area contributed by atoms with Crippen molar-refractivity contribution < 1.29 is 9.90 Å². The Hall–Kier alpha value is -0.520. The summed E-state index contributed by atoms with van der Waals surface area (Å²) in [6.45, 7) is 0. The third-order valence-corrected chi connectivity index (χ3v) is 4.00. The topological polar surface area (TPSA) is 49.3 Å². The van der Waals surface area contributed by atoms with Crippen LogP contribution in [0.2, 0.25) is 0 Å². The van der Waals surface area contributed by atoms with Crippen LogP contribution in [0.1, 0.15) is 11.6 Å². The number of carboxylic acids is 1. The highest BCUT2D eigenvalue weighted by Gasteiger charge is 2.30. The molecule has 1 aliphatic rings. The molecule has 0 unspecified atom stereocenters. The second kappa shape index (κ2) is 4.55. The van der Waals surface area contributed by atoms with Crippen LogP contribution in [0.15, 0.2) is 28.7 Å². The Morgan fingerprint density at radius 1 is 1.47 bits per heavy atom. The minimum Gasteiger partial charge on any atom is -0.479 e. The summed E-state index contributed by atoms with van der Waals surface area (Å²) >= 11 is 4.80. The van der Waals surface area contributed by atoms with Gasteiger partial charge in [0.2, 0.25) is 0 Å². The number of benzene rings is 1. The maximum Gasteiger partial charge on any atom is 0.331 e. The first-order chi connectivity index (χ1) is 7.16. The zero-order valence-corrected chi connectivity index (χ0v) is 10.2. The van der Waals surface area contributed by atoms with Crippen LogP contribution in [0.5, 0.6) is 0 Å². The van der Waals surface area contributed by atoms with E-state index in [9.17, 15) is 4.79 Å². The molecule has 1 aromatic rings. The highest BCUT2D eigenvalue weighted by molar-refractivity contribution is 9.10. The van der Waals surface area contributed by atoms with Crippen LogP contribution < -0.4 is 5.32 Å². The lowest BCUT2D eigenvalue weighted by Gasteiger charge is -2.10. The number of nitrogens with one attached hydrogen (secondary N) is 1. The number of aliphatic carboxylic acids is 1. The van der Waals surface area contributed by atoms with Crippen molar-refractivity contribution in [2.24, 2.45) is 0 Å². The zero-order valence-electron chi connectivity index (χ0n) is 7.81. The fourth-order valence-corrected chi connectivity index (χ4v) is 2.84. The maximum absolute atomic E-state index is 10.7. The first-order valence-corrected chi connectivity index (χ1v) is 6.37. The average Bonchev–Trinajstić information content (AvgIpc) is 2.68. The SMILES string of the molecule is O=C(O)[C@H]1N[C@@H](c2ccc(Br)cc2)CS1. The van der Waals surface area contributed by atoms with Gasteiger partial charge in [0.05, 0.1) is 0 Å². The maximum atomic E-state index is 10.7. The first-order valence-electron chi connectivity index (χ1n) is 4.53. The molecule has 2 rings (SSSR count). The van der Waals surface area contributed by atoms with E-state index in [4.69, 9.17) is 5.11 Å². The van der Waals surface area contributed by atoms with Crippen LogP contribution in [0.3, 0.4) is 0 Å². The molecule has 0 radical (unpaired) electrons. The number of hydrogen-bond donors (Lipinski definition) is 2. The quantitative estimate of drug-likeness (QED) is 0.876. The Morgan fingerprint density at radius 2 is 2.13 bits per heavy atom. The highest BCUT2D eigenvalue weighted by Crippen LogP contribution is 2.29. The van der Waals surface area contributed by atoms with Gasteiger partial charge in [0.15, 0.2) is 5.37 Å². The molecule has 0 spiro atoms.